The molecule has 1 saturated heterocycles. The van der Waals surface area contributed by atoms with Gasteiger partial charge in [0, 0.05) is 36.9 Å². The predicted molar refractivity (Wildman–Crippen MR) is 119 cm³/mol. The molecule has 1 aliphatic heterocycles. The van der Waals surface area contributed by atoms with Gasteiger partial charge in [0.25, 0.3) is 0 Å². The average Bonchev–Trinajstić information content (AvgIpc) is 3.38. The number of aliphatic imine (C=N–C) groups is 1. The fourth-order valence-electron chi connectivity index (χ4n) is 3.62. The van der Waals surface area contributed by atoms with Gasteiger partial charge < -0.3 is 25.1 Å². The van der Waals surface area contributed by atoms with Gasteiger partial charge in [-0.2, -0.15) is 0 Å². The second-order valence-corrected chi connectivity index (χ2v) is 8.30. The number of furan rings is 1. The molecule has 2 unspecified atom stereocenters. The van der Waals surface area contributed by atoms with E-state index in [0.29, 0.717) is 17.6 Å². The summed E-state index contributed by atoms with van der Waals surface area (Å²) in [4.78, 5) is 6.96. The number of benzene rings is 1. The van der Waals surface area contributed by atoms with Crippen molar-refractivity contribution in [2.75, 3.05) is 37.6 Å². The summed E-state index contributed by atoms with van der Waals surface area (Å²) in [6.45, 7) is 9.67. The van der Waals surface area contributed by atoms with Crippen LogP contribution in [0.5, 0.6) is 0 Å². The molecule has 1 aromatic heterocycles. The Balaban J connectivity index is 1.56. The van der Waals surface area contributed by atoms with E-state index in [4.69, 9.17) is 16.0 Å². The molecule has 7 heteroatoms. The van der Waals surface area contributed by atoms with Crippen molar-refractivity contribution in [1.82, 2.24) is 10.6 Å². The van der Waals surface area contributed by atoms with Crippen molar-refractivity contribution in [1.29, 1.82) is 0 Å². The number of rotatable bonds is 7. The first-order valence-corrected chi connectivity index (χ1v) is 10.6. The van der Waals surface area contributed by atoms with E-state index in [-0.39, 0.29) is 6.54 Å². The van der Waals surface area contributed by atoms with Crippen LogP contribution in [0.1, 0.15) is 31.6 Å². The molecule has 2 atom stereocenters. The molecule has 29 heavy (non-hydrogen) atoms. The van der Waals surface area contributed by atoms with E-state index in [2.05, 4.69) is 39.6 Å². The predicted octanol–water partition coefficient (Wildman–Crippen LogP) is 3.53. The van der Waals surface area contributed by atoms with E-state index < -0.39 is 5.60 Å². The van der Waals surface area contributed by atoms with Crippen molar-refractivity contribution in [2.45, 2.75) is 32.8 Å². The first kappa shape index (κ1) is 21.5. The minimum Gasteiger partial charge on any atom is -0.466 e. The minimum atomic E-state index is -1.14. The topological polar surface area (TPSA) is 73.0 Å². The van der Waals surface area contributed by atoms with Crippen LogP contribution in [-0.2, 0) is 5.60 Å². The van der Waals surface area contributed by atoms with Gasteiger partial charge in [-0.3, -0.25) is 0 Å². The van der Waals surface area contributed by atoms with E-state index in [1.807, 2.05) is 13.0 Å². The lowest BCUT2D eigenvalue weighted by atomic mass is 10.0. The van der Waals surface area contributed by atoms with Gasteiger partial charge in [0.1, 0.15) is 11.4 Å². The summed E-state index contributed by atoms with van der Waals surface area (Å²) in [5.74, 6) is 1.74. The molecule has 6 nitrogen and oxygen atoms in total. The van der Waals surface area contributed by atoms with Crippen molar-refractivity contribution < 1.29 is 9.52 Å². The smallest absolute Gasteiger partial charge is 0.191 e. The fourth-order valence-corrected chi connectivity index (χ4v) is 3.79. The van der Waals surface area contributed by atoms with Gasteiger partial charge in [0.05, 0.1) is 12.8 Å². The number of halogens is 1. The maximum atomic E-state index is 10.6. The molecule has 1 aliphatic rings. The van der Waals surface area contributed by atoms with Crippen LogP contribution in [0.15, 0.2) is 46.0 Å². The van der Waals surface area contributed by atoms with Crippen LogP contribution in [-0.4, -0.2) is 43.8 Å². The molecule has 3 N–H and O–H groups in total. The zero-order chi connectivity index (χ0) is 20.9. The van der Waals surface area contributed by atoms with Gasteiger partial charge >= 0.3 is 0 Å². The summed E-state index contributed by atoms with van der Waals surface area (Å²) in [6, 6.07) is 9.59. The number of nitrogens with one attached hydrogen (secondary N) is 2. The van der Waals surface area contributed by atoms with Gasteiger partial charge in [-0.15, -0.1) is 0 Å². The van der Waals surface area contributed by atoms with Crippen molar-refractivity contribution in [3.8, 4) is 0 Å². The highest BCUT2D eigenvalue weighted by Gasteiger charge is 2.27. The van der Waals surface area contributed by atoms with Gasteiger partial charge in [0.15, 0.2) is 5.96 Å². The molecule has 0 aliphatic carbocycles. The lowest BCUT2D eigenvalue weighted by Gasteiger charge is -2.22. The van der Waals surface area contributed by atoms with E-state index >= 15 is 0 Å². The molecule has 3 rings (SSSR count). The quantitative estimate of drug-likeness (QED) is 0.474. The third-order valence-corrected chi connectivity index (χ3v) is 5.53. The lowest BCUT2D eigenvalue weighted by molar-refractivity contribution is 0.0437. The van der Waals surface area contributed by atoms with Crippen LogP contribution >= 0.6 is 11.6 Å². The zero-order valence-corrected chi connectivity index (χ0v) is 18.2. The molecule has 0 saturated carbocycles. The van der Waals surface area contributed by atoms with Crippen molar-refractivity contribution in [3.63, 3.8) is 0 Å². The Morgan fingerprint density at radius 2 is 2.21 bits per heavy atom. The van der Waals surface area contributed by atoms with Gasteiger partial charge in [-0.25, -0.2) is 4.99 Å². The maximum absolute atomic E-state index is 10.6. The van der Waals surface area contributed by atoms with E-state index in [9.17, 15) is 5.11 Å². The number of hydrogen-bond donors (Lipinski definition) is 3. The number of hydrogen-bond acceptors (Lipinski definition) is 4. The minimum absolute atomic E-state index is 0.217. The summed E-state index contributed by atoms with van der Waals surface area (Å²) in [5.41, 5.74) is 1.33. The van der Waals surface area contributed by atoms with Gasteiger partial charge in [0.2, 0.25) is 0 Å². The summed E-state index contributed by atoms with van der Waals surface area (Å²) >= 11 is 6.19. The molecule has 2 heterocycles. The molecule has 2 aromatic rings. The second-order valence-electron chi connectivity index (χ2n) is 7.86. The number of nitrogens with zero attached hydrogens (tertiary/aromatic N) is 2. The highest BCUT2D eigenvalue weighted by molar-refractivity contribution is 6.30. The second kappa shape index (κ2) is 9.55. The van der Waals surface area contributed by atoms with Crippen LogP contribution in [0, 0.1) is 12.8 Å². The first-order valence-electron chi connectivity index (χ1n) is 10.2. The molecule has 0 bridgehead atoms. The monoisotopic (exact) mass is 418 g/mol. The molecular weight excluding hydrogens is 388 g/mol. The molecule has 1 aromatic carbocycles. The number of anilines is 1. The Hall–Kier alpha value is -2.18. The summed E-state index contributed by atoms with van der Waals surface area (Å²) < 4.78 is 5.33. The Kier molecular flexibility index (Phi) is 7.09. The number of guanidine groups is 1. The van der Waals surface area contributed by atoms with Crippen LogP contribution in [0.3, 0.4) is 0 Å². The van der Waals surface area contributed by atoms with E-state index in [1.54, 1.807) is 25.3 Å². The van der Waals surface area contributed by atoms with Crippen LogP contribution < -0.4 is 15.5 Å². The molecule has 0 radical (unpaired) electrons. The third kappa shape index (κ3) is 5.67. The standard InChI is InChI=1S/C22H31ClN4O2/c1-4-24-21(26-15-22(3,28)20-6-5-11-29-20)25-13-17-9-10-27(14-17)19-12-18(23)8-7-16(19)2/h5-8,11-12,17,28H,4,9-10,13-15H2,1-3H3,(H2,24,25,26). The van der Waals surface area contributed by atoms with Crippen LogP contribution in [0.2, 0.25) is 5.02 Å². The summed E-state index contributed by atoms with van der Waals surface area (Å²) in [6.07, 6.45) is 2.67. The fraction of sp³-hybridized carbons (Fsp3) is 0.500. The van der Waals surface area contributed by atoms with Crippen LogP contribution in [0.25, 0.3) is 0 Å². The molecule has 0 spiro atoms. The third-order valence-electron chi connectivity index (χ3n) is 5.30. The molecular formula is C22H31ClN4O2. The van der Waals surface area contributed by atoms with Gasteiger partial charge in [-0.1, -0.05) is 17.7 Å². The highest BCUT2D eigenvalue weighted by atomic mass is 35.5. The molecule has 1 fully saturated rings. The Labute approximate surface area is 178 Å². The van der Waals surface area contributed by atoms with E-state index in [0.717, 1.165) is 37.6 Å². The summed E-state index contributed by atoms with van der Waals surface area (Å²) in [7, 11) is 0. The Bertz CT molecular complexity index is 820. The Morgan fingerprint density at radius 3 is 2.93 bits per heavy atom. The largest absolute Gasteiger partial charge is 0.466 e. The zero-order valence-electron chi connectivity index (χ0n) is 17.4. The highest BCUT2D eigenvalue weighted by Crippen LogP contribution is 2.29. The van der Waals surface area contributed by atoms with Crippen molar-refractivity contribution >= 4 is 23.2 Å². The first-order chi connectivity index (χ1) is 13.9. The summed E-state index contributed by atoms with van der Waals surface area (Å²) in [5, 5.41) is 18.1. The van der Waals surface area contributed by atoms with Crippen molar-refractivity contribution in [2.24, 2.45) is 10.9 Å². The average molecular weight is 419 g/mol. The van der Waals surface area contributed by atoms with Gasteiger partial charge in [-0.05, 0) is 62.9 Å². The van der Waals surface area contributed by atoms with Crippen LogP contribution in [0.4, 0.5) is 5.69 Å². The normalized spacial score (nSPS) is 19.3. The molecule has 158 valence electrons. The molecule has 0 amide bonds. The van der Waals surface area contributed by atoms with Crippen molar-refractivity contribution in [3.05, 3.63) is 52.9 Å². The van der Waals surface area contributed by atoms with E-state index in [1.165, 1.54) is 11.3 Å². The number of aryl methyl sites for hydroxylation is 1. The SMILES string of the molecule is CCNC(=NCC(C)(O)c1ccco1)NCC1CCN(c2cc(Cl)ccc2C)C1. The lowest BCUT2D eigenvalue weighted by Crippen LogP contribution is -2.41. The maximum Gasteiger partial charge on any atom is 0.191 e. The number of aliphatic hydroxyl groups is 1. The Morgan fingerprint density at radius 1 is 1.38 bits per heavy atom.